The normalized spacial score (nSPS) is 23.4. The first-order valence-electron chi connectivity index (χ1n) is 6.40. The molecule has 1 amide bonds. The molecule has 2 fully saturated rings. The Bertz CT molecular complexity index is 519. The minimum atomic E-state index is -1.10. The van der Waals surface area contributed by atoms with Crippen LogP contribution in [0.15, 0.2) is 6.20 Å². The van der Waals surface area contributed by atoms with E-state index >= 15 is 0 Å². The number of carbonyl (C=O) groups is 2. The molecule has 2 N–H and O–H groups in total. The number of hydrogen-bond acceptors (Lipinski definition) is 6. The number of hydrogen-bond donors (Lipinski definition) is 2. The SMILES string of the molecule is O=C(O)c1cn(C2CN(C(=O)C3COCCN3)C2)nn1. The predicted molar refractivity (Wildman–Crippen MR) is 65.2 cm³/mol. The van der Waals surface area contributed by atoms with Crippen LogP contribution in [0.2, 0.25) is 0 Å². The van der Waals surface area contributed by atoms with E-state index in [4.69, 9.17) is 9.84 Å². The van der Waals surface area contributed by atoms with E-state index in [0.29, 0.717) is 32.8 Å². The molecular weight excluding hydrogens is 266 g/mol. The number of aromatic carboxylic acids is 1. The smallest absolute Gasteiger partial charge is 0.358 e. The number of carboxylic acid groups (broad SMARTS) is 1. The van der Waals surface area contributed by atoms with Crippen molar-refractivity contribution in [1.82, 2.24) is 25.2 Å². The van der Waals surface area contributed by atoms with Crippen molar-refractivity contribution in [3.8, 4) is 0 Å². The van der Waals surface area contributed by atoms with Crippen LogP contribution >= 0.6 is 0 Å². The first-order valence-corrected chi connectivity index (χ1v) is 6.40. The Hall–Kier alpha value is -2.00. The lowest BCUT2D eigenvalue weighted by atomic mass is 10.1. The number of rotatable bonds is 3. The maximum absolute atomic E-state index is 12.1. The van der Waals surface area contributed by atoms with Gasteiger partial charge in [0.2, 0.25) is 5.91 Å². The van der Waals surface area contributed by atoms with E-state index in [1.54, 1.807) is 4.90 Å². The highest BCUT2D eigenvalue weighted by Crippen LogP contribution is 2.21. The lowest BCUT2D eigenvalue weighted by Crippen LogP contribution is -2.59. The fourth-order valence-electron chi connectivity index (χ4n) is 2.30. The fourth-order valence-corrected chi connectivity index (χ4v) is 2.30. The standard InChI is InChI=1S/C11H15N5O4/c17-10(9-6-20-2-1-12-9)15-3-7(4-15)16-5-8(11(18)19)13-14-16/h5,7,9,12H,1-4,6H2,(H,18,19). The van der Waals surface area contributed by atoms with Crippen LogP contribution in [0.5, 0.6) is 0 Å². The van der Waals surface area contributed by atoms with Crippen LogP contribution in [-0.2, 0) is 9.53 Å². The number of carboxylic acids is 1. The van der Waals surface area contributed by atoms with Gasteiger partial charge in [0, 0.05) is 19.6 Å². The maximum Gasteiger partial charge on any atom is 0.358 e. The van der Waals surface area contributed by atoms with Crippen LogP contribution in [0.4, 0.5) is 0 Å². The molecule has 2 aliphatic rings. The van der Waals surface area contributed by atoms with Crippen molar-refractivity contribution in [3.05, 3.63) is 11.9 Å². The highest BCUT2D eigenvalue weighted by Gasteiger charge is 2.36. The number of nitrogens with zero attached hydrogens (tertiary/aromatic N) is 4. The Morgan fingerprint density at radius 3 is 2.85 bits per heavy atom. The quantitative estimate of drug-likeness (QED) is 0.683. The van der Waals surface area contributed by atoms with E-state index < -0.39 is 5.97 Å². The molecule has 2 saturated heterocycles. The zero-order valence-electron chi connectivity index (χ0n) is 10.7. The summed E-state index contributed by atoms with van der Waals surface area (Å²) < 4.78 is 6.76. The number of likely N-dealkylation sites (tertiary alicyclic amines) is 1. The van der Waals surface area contributed by atoms with Gasteiger partial charge in [-0.2, -0.15) is 0 Å². The number of carbonyl (C=O) groups excluding carboxylic acids is 1. The lowest BCUT2D eigenvalue weighted by molar-refractivity contribution is -0.142. The third-order valence-electron chi connectivity index (χ3n) is 3.50. The Morgan fingerprint density at radius 1 is 1.45 bits per heavy atom. The van der Waals surface area contributed by atoms with Crippen LogP contribution in [0.25, 0.3) is 0 Å². The summed E-state index contributed by atoms with van der Waals surface area (Å²) in [7, 11) is 0. The molecule has 9 nitrogen and oxygen atoms in total. The molecule has 2 aliphatic heterocycles. The first-order chi connectivity index (χ1) is 9.65. The molecule has 0 saturated carbocycles. The van der Waals surface area contributed by atoms with Gasteiger partial charge in [-0.15, -0.1) is 5.10 Å². The van der Waals surface area contributed by atoms with Gasteiger partial charge in [-0.05, 0) is 0 Å². The van der Waals surface area contributed by atoms with Gasteiger partial charge in [0.1, 0.15) is 6.04 Å². The molecule has 0 bridgehead atoms. The Labute approximate surface area is 114 Å². The predicted octanol–water partition coefficient (Wildman–Crippen LogP) is -1.65. The van der Waals surface area contributed by atoms with Gasteiger partial charge in [-0.25, -0.2) is 9.48 Å². The van der Waals surface area contributed by atoms with Crippen molar-refractivity contribution in [2.24, 2.45) is 0 Å². The van der Waals surface area contributed by atoms with E-state index in [1.807, 2.05) is 0 Å². The number of aromatic nitrogens is 3. The van der Waals surface area contributed by atoms with E-state index in [2.05, 4.69) is 15.6 Å². The molecule has 3 heterocycles. The third kappa shape index (κ3) is 2.37. The molecule has 0 radical (unpaired) electrons. The summed E-state index contributed by atoms with van der Waals surface area (Å²) in [6.07, 6.45) is 1.39. The van der Waals surface area contributed by atoms with Crippen LogP contribution in [0.1, 0.15) is 16.5 Å². The van der Waals surface area contributed by atoms with E-state index in [0.717, 1.165) is 0 Å². The van der Waals surface area contributed by atoms with Gasteiger partial charge in [0.15, 0.2) is 5.69 Å². The molecule has 1 aromatic rings. The Balaban J connectivity index is 1.55. The first kappa shape index (κ1) is 13.0. The molecule has 1 unspecified atom stereocenters. The summed E-state index contributed by atoms with van der Waals surface area (Å²) in [5.41, 5.74) is -0.0860. The summed E-state index contributed by atoms with van der Waals surface area (Å²) in [5, 5.41) is 19.2. The number of ether oxygens (including phenoxy) is 1. The van der Waals surface area contributed by atoms with Crippen LogP contribution < -0.4 is 5.32 Å². The van der Waals surface area contributed by atoms with E-state index in [9.17, 15) is 9.59 Å². The topological polar surface area (TPSA) is 110 Å². The molecule has 3 rings (SSSR count). The minimum Gasteiger partial charge on any atom is -0.476 e. The van der Waals surface area contributed by atoms with Gasteiger partial charge in [0.05, 0.1) is 25.5 Å². The summed E-state index contributed by atoms with van der Waals surface area (Å²) >= 11 is 0. The van der Waals surface area contributed by atoms with Crippen molar-refractivity contribution in [2.45, 2.75) is 12.1 Å². The molecular formula is C11H15N5O4. The monoisotopic (exact) mass is 281 g/mol. The second-order valence-electron chi connectivity index (χ2n) is 4.87. The second-order valence-corrected chi connectivity index (χ2v) is 4.87. The minimum absolute atomic E-state index is 0.0101. The number of nitrogens with one attached hydrogen (secondary N) is 1. The highest BCUT2D eigenvalue weighted by atomic mass is 16.5. The van der Waals surface area contributed by atoms with Gasteiger partial charge in [-0.1, -0.05) is 5.21 Å². The number of morpholine rings is 1. The molecule has 108 valence electrons. The number of amides is 1. The van der Waals surface area contributed by atoms with Crippen molar-refractivity contribution >= 4 is 11.9 Å². The van der Waals surface area contributed by atoms with Crippen LogP contribution in [-0.4, -0.2) is 75.8 Å². The third-order valence-corrected chi connectivity index (χ3v) is 3.50. The zero-order valence-corrected chi connectivity index (χ0v) is 10.7. The molecule has 1 atom stereocenters. The molecule has 0 spiro atoms. The molecule has 0 aromatic carbocycles. The van der Waals surface area contributed by atoms with E-state index in [-0.39, 0.29) is 23.7 Å². The molecule has 20 heavy (non-hydrogen) atoms. The summed E-state index contributed by atoms with van der Waals surface area (Å²) in [6, 6.07) is -0.293. The average molecular weight is 281 g/mol. The van der Waals surface area contributed by atoms with Crippen LogP contribution in [0.3, 0.4) is 0 Å². The van der Waals surface area contributed by atoms with E-state index in [1.165, 1.54) is 10.9 Å². The van der Waals surface area contributed by atoms with Crippen molar-refractivity contribution in [3.63, 3.8) is 0 Å². The molecule has 0 aliphatic carbocycles. The Kier molecular flexibility index (Phi) is 3.36. The summed E-state index contributed by atoms with van der Waals surface area (Å²) in [5.74, 6) is -1.09. The van der Waals surface area contributed by atoms with Crippen molar-refractivity contribution < 1.29 is 19.4 Å². The van der Waals surface area contributed by atoms with Crippen molar-refractivity contribution in [2.75, 3.05) is 32.8 Å². The van der Waals surface area contributed by atoms with Crippen LogP contribution in [0, 0.1) is 0 Å². The van der Waals surface area contributed by atoms with Gasteiger partial charge >= 0.3 is 5.97 Å². The van der Waals surface area contributed by atoms with Crippen molar-refractivity contribution in [1.29, 1.82) is 0 Å². The van der Waals surface area contributed by atoms with Gasteiger partial charge in [0.25, 0.3) is 0 Å². The molecule has 9 heteroatoms. The summed E-state index contributed by atoms with van der Waals surface area (Å²) in [4.78, 5) is 24.5. The summed E-state index contributed by atoms with van der Waals surface area (Å²) in [6.45, 7) is 2.73. The largest absolute Gasteiger partial charge is 0.476 e. The highest BCUT2D eigenvalue weighted by molar-refractivity contribution is 5.84. The molecule has 1 aromatic heterocycles. The fraction of sp³-hybridized carbons (Fsp3) is 0.636. The van der Waals surface area contributed by atoms with Gasteiger partial charge in [-0.3, -0.25) is 4.79 Å². The maximum atomic E-state index is 12.1. The second kappa shape index (κ2) is 5.17. The average Bonchev–Trinajstić information content (AvgIpc) is 2.87. The Morgan fingerprint density at radius 2 is 2.25 bits per heavy atom. The zero-order chi connectivity index (χ0) is 14.1. The lowest BCUT2D eigenvalue weighted by Gasteiger charge is -2.41. The van der Waals surface area contributed by atoms with Gasteiger partial charge < -0.3 is 20.1 Å².